The predicted molar refractivity (Wildman–Crippen MR) is 235 cm³/mol. The van der Waals surface area contributed by atoms with Crippen LogP contribution in [0.1, 0.15) is 92.0 Å². The van der Waals surface area contributed by atoms with Crippen molar-refractivity contribution in [2.24, 2.45) is 39.9 Å². The van der Waals surface area contributed by atoms with E-state index in [2.05, 4.69) is 31.6 Å². The molecule has 0 spiro atoms. The van der Waals surface area contributed by atoms with Gasteiger partial charge in [-0.2, -0.15) is 0 Å². The predicted octanol–water partition coefficient (Wildman–Crippen LogP) is -2.22. The number of aliphatic imine (C=N–C) groups is 1. The number of hydrogen-bond acceptors (Lipinski definition) is 14. The van der Waals surface area contributed by atoms with Gasteiger partial charge in [-0.15, -0.1) is 0 Å². The molecule has 0 aromatic heterocycles. The molecule has 0 radical (unpaired) electrons. The molecule has 2 rings (SSSR count). The fourth-order valence-electron chi connectivity index (χ4n) is 7.01. The van der Waals surface area contributed by atoms with E-state index in [-0.39, 0.29) is 72.0 Å². The molecular formula is C43H67N9O12. The van der Waals surface area contributed by atoms with E-state index in [0.29, 0.717) is 5.56 Å². The lowest BCUT2D eigenvalue weighted by Crippen LogP contribution is -2.57. The largest absolute Gasteiger partial charge is 0.393 e. The second-order valence-corrected chi connectivity index (χ2v) is 16.1. The summed E-state index contributed by atoms with van der Waals surface area (Å²) in [6.45, 7) is 2.82. The molecule has 1 aliphatic rings. The number of carbonyl (C=O) groups is 10. The summed E-state index contributed by atoms with van der Waals surface area (Å²) in [5.74, 6) is -10.8. The zero-order chi connectivity index (χ0) is 47.9. The Hall–Kier alpha value is -5.93. The molecular weight excluding hydrogens is 835 g/mol. The van der Waals surface area contributed by atoms with Crippen LogP contribution in [0.15, 0.2) is 35.3 Å². The van der Waals surface area contributed by atoms with Gasteiger partial charge in [0.15, 0.2) is 11.7 Å². The number of hydrogen-bond donors (Lipinski definition) is 10. The van der Waals surface area contributed by atoms with Gasteiger partial charge < -0.3 is 54.0 Å². The molecule has 21 heteroatoms. The lowest BCUT2D eigenvalue weighted by molar-refractivity contribution is -0.137. The number of nitrogens with zero attached hydrogens (tertiary/aromatic N) is 1. The van der Waals surface area contributed by atoms with Crippen molar-refractivity contribution in [3.05, 3.63) is 35.9 Å². The quantitative estimate of drug-likeness (QED) is 0.0450. The number of guanidine groups is 1. The first kappa shape index (κ1) is 54.2. The SMILES string of the molecule is CC(=O)[C@@H](CC(=O)[C@@H]1CC(=O)NCCC[C@H](NC(=O)CCC(=O)CN)C(=O)N[C@@H](CCCN=C(N)N)C(=O)N[C@@H](Cc2ccccc2)C(=O)NCC(=O)C[C@@H]([C@@H](C)O)C(=O)C1)[C@@H](C)O.[3HH]. The van der Waals surface area contributed by atoms with Gasteiger partial charge >= 0.3 is 0 Å². The molecule has 356 valence electrons. The summed E-state index contributed by atoms with van der Waals surface area (Å²) in [6.07, 6.45) is -5.34. The smallest absolute Gasteiger partial charge is 0.243 e. The van der Waals surface area contributed by atoms with Gasteiger partial charge in [-0.3, -0.25) is 52.9 Å². The highest BCUT2D eigenvalue weighted by Gasteiger charge is 2.35. The van der Waals surface area contributed by atoms with Crippen LogP contribution in [-0.4, -0.2) is 131 Å². The van der Waals surface area contributed by atoms with E-state index in [1.807, 2.05) is 0 Å². The maximum Gasteiger partial charge on any atom is 0.243 e. The van der Waals surface area contributed by atoms with E-state index in [9.17, 15) is 58.2 Å². The number of nitrogens with two attached hydrogens (primary N) is 3. The van der Waals surface area contributed by atoms with Gasteiger partial charge in [-0.05, 0) is 52.0 Å². The highest BCUT2D eigenvalue weighted by molar-refractivity contribution is 5.98. The van der Waals surface area contributed by atoms with Crippen LogP contribution >= 0.6 is 0 Å². The van der Waals surface area contributed by atoms with Crippen molar-refractivity contribution in [3.63, 3.8) is 0 Å². The summed E-state index contributed by atoms with van der Waals surface area (Å²) >= 11 is 0. The zero-order valence-electron chi connectivity index (χ0n) is 36.8. The second-order valence-electron chi connectivity index (χ2n) is 16.1. The number of nitrogens with one attached hydrogen (secondary N) is 5. The van der Waals surface area contributed by atoms with Gasteiger partial charge in [0.25, 0.3) is 0 Å². The standard InChI is InChI=1S/C43H65N9O12.H2/c1-24(53)31(25(2)54)21-36(58)28-18-37(59)32(26(3)55)20-30(57)23-49-40(62)35(17-27-9-5-4-6-10-27)52-42(64)34(12-8-16-48-43(45)46)51-41(63)33(11-7-15-47-39(61)19-28)50-38(60)14-13-29(56)22-44;/h4-6,9-10,24,26,28,31-35,53,55H,7-8,11-23,44H2,1-3H3,(H,47,61)(H,49,62)(H,50,60)(H,51,63)(H,52,64)(H4,45,46,48);1H/t24-,26-,28+,31+,32+,33+,34+,35+;/m1./s1/i;1+2. The minimum atomic E-state index is -1.40. The molecule has 5 amide bonds. The number of rotatable bonds is 17. The molecule has 1 aromatic carbocycles. The first-order chi connectivity index (χ1) is 30.2. The minimum Gasteiger partial charge on any atom is -0.393 e. The first-order valence-corrected chi connectivity index (χ1v) is 21.4. The number of ketones is 5. The third kappa shape index (κ3) is 20.1. The average Bonchev–Trinajstić information content (AvgIpc) is 3.23. The molecule has 64 heavy (non-hydrogen) atoms. The molecule has 0 saturated carbocycles. The van der Waals surface area contributed by atoms with Crippen LogP contribution in [0, 0.1) is 17.8 Å². The van der Waals surface area contributed by atoms with E-state index in [1.54, 1.807) is 30.3 Å². The molecule has 0 unspecified atom stereocenters. The van der Waals surface area contributed by atoms with E-state index >= 15 is 0 Å². The summed E-state index contributed by atoms with van der Waals surface area (Å²) < 4.78 is 0. The number of Topliss-reactive ketones (excluding diaryl/α,β-unsaturated/α-hetero) is 5. The van der Waals surface area contributed by atoms with Crippen LogP contribution in [0.4, 0.5) is 0 Å². The topological polar surface area (TPSA) is 362 Å². The lowest BCUT2D eigenvalue weighted by atomic mass is 9.81. The molecule has 1 heterocycles. The second kappa shape index (κ2) is 28.0. The lowest BCUT2D eigenvalue weighted by Gasteiger charge is -2.26. The summed E-state index contributed by atoms with van der Waals surface area (Å²) in [5, 5.41) is 33.8. The van der Waals surface area contributed by atoms with Crippen LogP contribution in [0.2, 0.25) is 0 Å². The average molecular weight is 904 g/mol. The molecule has 1 aliphatic heterocycles. The van der Waals surface area contributed by atoms with E-state index in [0.717, 1.165) is 0 Å². The monoisotopic (exact) mass is 903 g/mol. The van der Waals surface area contributed by atoms with Crippen LogP contribution in [0.25, 0.3) is 0 Å². The summed E-state index contributed by atoms with van der Waals surface area (Å²) in [6, 6.07) is 4.65. The Morgan fingerprint density at radius 1 is 0.891 bits per heavy atom. The van der Waals surface area contributed by atoms with E-state index in [4.69, 9.17) is 17.2 Å². The molecule has 1 aromatic rings. The summed E-state index contributed by atoms with van der Waals surface area (Å²) in [7, 11) is 0. The third-order valence-corrected chi connectivity index (χ3v) is 10.8. The fraction of sp³-hybridized carbons (Fsp3) is 0.605. The van der Waals surface area contributed by atoms with Crippen molar-refractivity contribution in [3.8, 4) is 0 Å². The molecule has 0 aliphatic carbocycles. The molecule has 21 nitrogen and oxygen atoms in total. The minimum absolute atomic E-state index is 0. The first-order valence-electron chi connectivity index (χ1n) is 21.4. The Balaban J connectivity index is 0.0000211. The van der Waals surface area contributed by atoms with Crippen molar-refractivity contribution < 1.29 is 59.6 Å². The number of aliphatic hydroxyl groups is 2. The molecule has 8 atom stereocenters. The Labute approximate surface area is 373 Å². The van der Waals surface area contributed by atoms with Crippen molar-refractivity contribution >= 4 is 64.4 Å². The molecule has 1 fully saturated rings. The molecule has 1 saturated heterocycles. The normalized spacial score (nSPS) is 22.7. The van der Waals surface area contributed by atoms with Crippen molar-refractivity contribution in [2.45, 2.75) is 122 Å². The summed E-state index contributed by atoms with van der Waals surface area (Å²) in [4.78, 5) is 137. The Kier molecular flexibility index (Phi) is 23.7. The van der Waals surface area contributed by atoms with E-state index in [1.165, 1.54) is 20.8 Å². The Bertz CT molecular complexity index is 1840. The van der Waals surface area contributed by atoms with Gasteiger partial charge in [-0.25, -0.2) is 0 Å². The van der Waals surface area contributed by atoms with Gasteiger partial charge in [0.2, 0.25) is 29.5 Å². The summed E-state index contributed by atoms with van der Waals surface area (Å²) in [5.41, 5.74) is 16.9. The van der Waals surface area contributed by atoms with Gasteiger partial charge in [0, 0.05) is 71.3 Å². The van der Waals surface area contributed by atoms with Gasteiger partial charge in [0.1, 0.15) is 41.3 Å². The Morgan fingerprint density at radius 3 is 2.17 bits per heavy atom. The fourth-order valence-corrected chi connectivity index (χ4v) is 7.01. The van der Waals surface area contributed by atoms with Crippen LogP contribution in [0.5, 0.6) is 0 Å². The molecule has 0 bridgehead atoms. The zero-order valence-corrected chi connectivity index (χ0v) is 36.8. The van der Waals surface area contributed by atoms with Crippen molar-refractivity contribution in [1.29, 1.82) is 0 Å². The maximum absolute atomic E-state index is 14.0. The van der Waals surface area contributed by atoms with Gasteiger partial charge in [0.05, 0.1) is 31.2 Å². The van der Waals surface area contributed by atoms with Crippen LogP contribution in [-0.2, 0) is 54.4 Å². The number of carbonyl (C=O) groups excluding carboxylic acids is 10. The van der Waals surface area contributed by atoms with Crippen LogP contribution < -0.4 is 43.8 Å². The van der Waals surface area contributed by atoms with Crippen molar-refractivity contribution in [1.82, 2.24) is 26.6 Å². The number of benzene rings is 1. The van der Waals surface area contributed by atoms with Crippen molar-refractivity contribution in [2.75, 3.05) is 26.2 Å². The van der Waals surface area contributed by atoms with Gasteiger partial charge in [-0.1, -0.05) is 30.3 Å². The third-order valence-electron chi connectivity index (χ3n) is 10.8. The number of amides is 5. The Morgan fingerprint density at radius 2 is 1.56 bits per heavy atom. The van der Waals surface area contributed by atoms with Crippen LogP contribution in [0.3, 0.4) is 0 Å². The van der Waals surface area contributed by atoms with E-state index < -0.39 is 139 Å². The molecule has 13 N–H and O–H groups in total. The number of aliphatic hydroxyl groups excluding tert-OH is 2. The highest BCUT2D eigenvalue weighted by Crippen LogP contribution is 2.24. The maximum atomic E-state index is 14.0. The highest BCUT2D eigenvalue weighted by atomic mass is 16.3.